The second-order valence-corrected chi connectivity index (χ2v) is 6.14. The minimum Gasteiger partial charge on any atom is -0.482 e. The molecule has 2 N–H and O–H groups in total. The molecule has 8 heteroatoms. The minimum atomic E-state index is -0.496. The summed E-state index contributed by atoms with van der Waals surface area (Å²) < 4.78 is 5.29. The second-order valence-electron chi connectivity index (χ2n) is 5.30. The Morgan fingerprint density at radius 3 is 2.81 bits per heavy atom. The topological polar surface area (TPSA) is 83.5 Å². The average molecular weight is 390 g/mol. The molecule has 0 aliphatic rings. The van der Waals surface area contributed by atoms with Crippen molar-refractivity contribution in [2.45, 2.75) is 0 Å². The lowest BCUT2D eigenvalue weighted by molar-refractivity contribution is -0.123. The SMILES string of the molecule is O=C(COc1ccc(Cl)cc1Cl)N/N=C/c1cc2ccccc2[nH]c1=O. The molecule has 0 radical (unpaired) electrons. The Kier molecular flexibility index (Phi) is 5.55. The van der Waals surface area contributed by atoms with E-state index in [1.54, 1.807) is 24.3 Å². The lowest BCUT2D eigenvalue weighted by atomic mass is 10.2. The van der Waals surface area contributed by atoms with E-state index in [4.69, 9.17) is 27.9 Å². The zero-order chi connectivity index (χ0) is 18.5. The molecule has 6 nitrogen and oxygen atoms in total. The van der Waals surface area contributed by atoms with Crippen molar-refractivity contribution in [3.05, 3.63) is 74.5 Å². The number of aromatic nitrogens is 1. The van der Waals surface area contributed by atoms with Gasteiger partial charge in [0, 0.05) is 10.5 Å². The highest BCUT2D eigenvalue weighted by atomic mass is 35.5. The minimum absolute atomic E-state index is 0.285. The van der Waals surface area contributed by atoms with Crippen LogP contribution in [0, 0.1) is 0 Å². The maximum Gasteiger partial charge on any atom is 0.277 e. The summed E-state index contributed by atoms with van der Waals surface area (Å²) in [6.45, 7) is -0.285. The average Bonchev–Trinajstić information content (AvgIpc) is 2.61. The smallest absolute Gasteiger partial charge is 0.277 e. The molecule has 0 atom stereocenters. The van der Waals surface area contributed by atoms with E-state index in [1.165, 1.54) is 12.3 Å². The number of aromatic amines is 1. The molecular weight excluding hydrogens is 377 g/mol. The van der Waals surface area contributed by atoms with E-state index in [-0.39, 0.29) is 12.2 Å². The summed E-state index contributed by atoms with van der Waals surface area (Å²) in [7, 11) is 0. The van der Waals surface area contributed by atoms with Crippen LogP contribution < -0.4 is 15.7 Å². The van der Waals surface area contributed by atoms with Gasteiger partial charge in [0.25, 0.3) is 11.5 Å². The number of benzene rings is 2. The second kappa shape index (κ2) is 8.03. The van der Waals surface area contributed by atoms with Crippen molar-refractivity contribution in [2.24, 2.45) is 5.10 Å². The van der Waals surface area contributed by atoms with Gasteiger partial charge >= 0.3 is 0 Å². The third-order valence-corrected chi connectivity index (χ3v) is 3.96. The van der Waals surface area contributed by atoms with Gasteiger partial charge in [-0.3, -0.25) is 9.59 Å². The number of hydrazone groups is 1. The van der Waals surface area contributed by atoms with Gasteiger partial charge in [0.2, 0.25) is 0 Å². The lowest BCUT2D eigenvalue weighted by Gasteiger charge is -2.07. The molecule has 0 bridgehead atoms. The highest BCUT2D eigenvalue weighted by Crippen LogP contribution is 2.27. The van der Waals surface area contributed by atoms with E-state index in [1.807, 2.05) is 18.2 Å². The Labute approximate surface area is 158 Å². The molecule has 0 aliphatic carbocycles. The molecule has 0 saturated carbocycles. The summed E-state index contributed by atoms with van der Waals surface area (Å²) >= 11 is 11.7. The normalized spacial score (nSPS) is 11.0. The van der Waals surface area contributed by atoms with Gasteiger partial charge in [-0.25, -0.2) is 5.43 Å². The highest BCUT2D eigenvalue weighted by molar-refractivity contribution is 6.35. The van der Waals surface area contributed by atoms with Gasteiger partial charge in [-0.1, -0.05) is 41.4 Å². The number of hydrogen-bond acceptors (Lipinski definition) is 4. The van der Waals surface area contributed by atoms with Gasteiger partial charge in [0.1, 0.15) is 5.75 Å². The number of ether oxygens (including phenoxy) is 1. The largest absolute Gasteiger partial charge is 0.482 e. The standard InChI is InChI=1S/C18H13Cl2N3O3/c19-13-5-6-16(14(20)8-13)26-10-17(24)23-21-9-12-7-11-3-1-2-4-15(11)22-18(12)25/h1-9H,10H2,(H,22,25)(H,23,24)/b21-9+. The maximum atomic E-state index is 12.0. The van der Waals surface area contributed by atoms with E-state index in [2.05, 4.69) is 15.5 Å². The van der Waals surface area contributed by atoms with Crippen molar-refractivity contribution in [1.29, 1.82) is 0 Å². The number of para-hydroxylation sites is 1. The van der Waals surface area contributed by atoms with Crippen molar-refractivity contribution in [2.75, 3.05) is 6.61 Å². The van der Waals surface area contributed by atoms with E-state index in [0.717, 1.165) is 10.9 Å². The van der Waals surface area contributed by atoms with Crippen molar-refractivity contribution >= 4 is 46.2 Å². The predicted molar refractivity (Wildman–Crippen MR) is 102 cm³/mol. The highest BCUT2D eigenvalue weighted by Gasteiger charge is 2.06. The predicted octanol–water partition coefficient (Wildman–Crippen LogP) is 3.36. The quantitative estimate of drug-likeness (QED) is 0.518. The van der Waals surface area contributed by atoms with Gasteiger partial charge in [-0.05, 0) is 35.7 Å². The molecule has 1 aromatic heterocycles. The third kappa shape index (κ3) is 4.41. The van der Waals surface area contributed by atoms with Crippen LogP contribution in [0.1, 0.15) is 5.56 Å². The zero-order valence-electron chi connectivity index (χ0n) is 13.3. The van der Waals surface area contributed by atoms with Crippen molar-refractivity contribution in [1.82, 2.24) is 10.4 Å². The molecule has 0 fully saturated rings. The number of carbonyl (C=O) groups is 1. The molecule has 0 unspecified atom stereocenters. The van der Waals surface area contributed by atoms with Crippen molar-refractivity contribution < 1.29 is 9.53 Å². The summed E-state index contributed by atoms with van der Waals surface area (Å²) in [6.07, 6.45) is 1.28. The van der Waals surface area contributed by atoms with Crippen LogP contribution in [0.3, 0.4) is 0 Å². The number of amides is 1. The molecule has 3 rings (SSSR count). The van der Waals surface area contributed by atoms with Crippen LogP contribution >= 0.6 is 23.2 Å². The van der Waals surface area contributed by atoms with Crippen LogP contribution in [-0.4, -0.2) is 23.7 Å². The first-order valence-corrected chi connectivity index (χ1v) is 8.30. The van der Waals surface area contributed by atoms with Gasteiger partial charge < -0.3 is 9.72 Å². The molecule has 1 heterocycles. The van der Waals surface area contributed by atoms with E-state index in [0.29, 0.717) is 21.4 Å². The number of fused-ring (bicyclic) bond motifs is 1. The summed E-state index contributed by atoms with van der Waals surface area (Å²) in [4.78, 5) is 26.5. The Hall–Kier alpha value is -2.83. The Morgan fingerprint density at radius 1 is 1.19 bits per heavy atom. The molecule has 26 heavy (non-hydrogen) atoms. The fourth-order valence-corrected chi connectivity index (χ4v) is 2.66. The van der Waals surface area contributed by atoms with Crippen LogP contribution in [0.15, 0.2) is 58.4 Å². The van der Waals surface area contributed by atoms with Crippen LogP contribution in [-0.2, 0) is 4.79 Å². The first-order valence-electron chi connectivity index (χ1n) is 7.55. The summed E-state index contributed by atoms with van der Waals surface area (Å²) in [5.74, 6) is -0.161. The van der Waals surface area contributed by atoms with Gasteiger partial charge in [-0.15, -0.1) is 0 Å². The zero-order valence-corrected chi connectivity index (χ0v) is 14.8. The van der Waals surface area contributed by atoms with E-state index in [9.17, 15) is 9.59 Å². The number of halogens is 2. The Balaban J connectivity index is 1.60. The van der Waals surface area contributed by atoms with Gasteiger partial charge in [-0.2, -0.15) is 5.10 Å². The van der Waals surface area contributed by atoms with Crippen LogP contribution in [0.25, 0.3) is 10.9 Å². The van der Waals surface area contributed by atoms with Crippen molar-refractivity contribution in [3.63, 3.8) is 0 Å². The molecule has 0 aliphatic heterocycles. The number of rotatable bonds is 5. The fourth-order valence-electron chi connectivity index (χ4n) is 2.20. The molecule has 3 aromatic rings. The first kappa shape index (κ1) is 18.0. The maximum absolute atomic E-state index is 12.0. The van der Waals surface area contributed by atoms with Crippen LogP contribution in [0.5, 0.6) is 5.75 Å². The van der Waals surface area contributed by atoms with Gasteiger partial charge in [0.15, 0.2) is 6.61 Å². The summed E-state index contributed by atoms with van der Waals surface area (Å²) in [6, 6.07) is 13.7. The number of nitrogens with one attached hydrogen (secondary N) is 2. The third-order valence-electron chi connectivity index (χ3n) is 3.43. The van der Waals surface area contributed by atoms with E-state index >= 15 is 0 Å². The molecule has 0 spiro atoms. The summed E-state index contributed by atoms with van der Waals surface area (Å²) in [5.41, 5.74) is 3.04. The van der Waals surface area contributed by atoms with E-state index < -0.39 is 5.91 Å². The molecule has 1 amide bonds. The molecule has 2 aromatic carbocycles. The van der Waals surface area contributed by atoms with Crippen molar-refractivity contribution in [3.8, 4) is 5.75 Å². The van der Waals surface area contributed by atoms with Crippen LogP contribution in [0.2, 0.25) is 10.0 Å². The molecule has 132 valence electrons. The number of carbonyl (C=O) groups excluding carboxylic acids is 1. The number of H-pyrrole nitrogens is 1. The fraction of sp³-hybridized carbons (Fsp3) is 0.0556. The first-order chi connectivity index (χ1) is 12.5. The van der Waals surface area contributed by atoms with Crippen LogP contribution in [0.4, 0.5) is 0 Å². The number of nitrogens with zero attached hydrogens (tertiary/aromatic N) is 1. The number of hydrogen-bond donors (Lipinski definition) is 2. The Bertz CT molecular complexity index is 1050. The number of pyridine rings is 1. The molecular formula is C18H13Cl2N3O3. The Morgan fingerprint density at radius 2 is 2.00 bits per heavy atom. The monoisotopic (exact) mass is 389 g/mol. The lowest BCUT2D eigenvalue weighted by Crippen LogP contribution is -2.25. The van der Waals surface area contributed by atoms with Gasteiger partial charge in [0.05, 0.1) is 16.8 Å². The molecule has 0 saturated heterocycles. The summed E-state index contributed by atoms with van der Waals surface area (Å²) in [5, 5.41) is 5.41.